The Kier molecular flexibility index (Phi) is 6.11. The molecule has 6 heteroatoms. The molecule has 2 rings (SSSR count). The number of nitro groups is 1. The molecule has 1 saturated heterocycles. The Morgan fingerprint density at radius 3 is 2.05 bits per heavy atom. The van der Waals surface area contributed by atoms with Gasteiger partial charge in [-0.05, 0) is 45.2 Å². The Morgan fingerprint density at radius 2 is 1.75 bits per heavy atom. The van der Waals surface area contributed by atoms with Crippen LogP contribution in [0.2, 0.25) is 0 Å². The van der Waals surface area contributed by atoms with Crippen molar-refractivity contribution in [3.05, 3.63) is 39.9 Å². The van der Waals surface area contributed by atoms with Gasteiger partial charge in [-0.1, -0.05) is 0 Å². The largest absolute Gasteiger partial charge is 0.478 e. The average molecular weight is 281 g/mol. The van der Waals surface area contributed by atoms with Crippen LogP contribution in [0.4, 0.5) is 5.69 Å². The summed E-state index contributed by atoms with van der Waals surface area (Å²) in [4.78, 5) is 19.9. The third-order valence-corrected chi connectivity index (χ3v) is 3.01. The number of nitrogens with zero attached hydrogens (tertiary/aromatic N) is 1. The monoisotopic (exact) mass is 281 g/mol. The van der Waals surface area contributed by atoms with Crippen molar-refractivity contribution in [3.63, 3.8) is 0 Å². The lowest BCUT2D eigenvalue weighted by Gasteiger charge is -2.24. The van der Waals surface area contributed by atoms with Crippen molar-refractivity contribution in [2.75, 3.05) is 0 Å². The van der Waals surface area contributed by atoms with Crippen LogP contribution in [-0.2, 0) is 4.74 Å². The highest BCUT2D eigenvalue weighted by Gasteiger charge is 2.13. The van der Waals surface area contributed by atoms with Gasteiger partial charge in [-0.15, -0.1) is 0 Å². The number of hydrogen-bond acceptors (Lipinski definition) is 4. The summed E-state index contributed by atoms with van der Waals surface area (Å²) in [6.07, 6.45) is 4.88. The van der Waals surface area contributed by atoms with Gasteiger partial charge < -0.3 is 9.84 Å². The van der Waals surface area contributed by atoms with Crippen LogP contribution in [0.5, 0.6) is 0 Å². The number of hydrogen-bond donors (Lipinski definition) is 1. The van der Waals surface area contributed by atoms with Crippen molar-refractivity contribution in [2.24, 2.45) is 0 Å². The van der Waals surface area contributed by atoms with E-state index in [2.05, 4.69) is 13.8 Å². The second kappa shape index (κ2) is 7.59. The molecule has 0 saturated carbocycles. The van der Waals surface area contributed by atoms with Crippen LogP contribution in [0.25, 0.3) is 0 Å². The fourth-order valence-corrected chi connectivity index (χ4v) is 1.95. The standard InChI is InChI=1S/C7H5NO4.C7H14O/c9-7(10)5-1-3-6(4-2-5)8(11)12;1-6-4-3-5-7(2)8-6/h1-4H,(H,9,10);6-7H,3-5H2,1-2H3. The van der Waals surface area contributed by atoms with Crippen molar-refractivity contribution in [2.45, 2.75) is 45.3 Å². The summed E-state index contributed by atoms with van der Waals surface area (Å²) in [5.74, 6) is -1.09. The van der Waals surface area contributed by atoms with Crippen molar-refractivity contribution in [3.8, 4) is 0 Å². The predicted octanol–water partition coefficient (Wildman–Crippen LogP) is 3.26. The first-order valence-corrected chi connectivity index (χ1v) is 6.53. The number of rotatable bonds is 2. The molecule has 20 heavy (non-hydrogen) atoms. The fourth-order valence-electron chi connectivity index (χ4n) is 1.95. The Morgan fingerprint density at radius 1 is 1.25 bits per heavy atom. The summed E-state index contributed by atoms with van der Waals surface area (Å²) in [6, 6.07) is 4.70. The van der Waals surface area contributed by atoms with E-state index in [1.165, 1.54) is 31.4 Å². The van der Waals surface area contributed by atoms with Crippen LogP contribution in [0, 0.1) is 10.1 Å². The number of non-ortho nitro benzene ring substituents is 1. The Balaban J connectivity index is 0.000000217. The first kappa shape index (κ1) is 16.1. The zero-order valence-electron chi connectivity index (χ0n) is 11.6. The second-order valence-electron chi connectivity index (χ2n) is 4.80. The molecular weight excluding hydrogens is 262 g/mol. The predicted molar refractivity (Wildman–Crippen MR) is 73.9 cm³/mol. The summed E-state index contributed by atoms with van der Waals surface area (Å²) >= 11 is 0. The molecule has 1 aliphatic rings. The number of benzene rings is 1. The van der Waals surface area contributed by atoms with Crippen LogP contribution in [-0.4, -0.2) is 28.2 Å². The van der Waals surface area contributed by atoms with Gasteiger partial charge in [0, 0.05) is 12.1 Å². The maximum atomic E-state index is 10.3. The summed E-state index contributed by atoms with van der Waals surface area (Å²) in [5, 5.41) is 18.6. The molecule has 2 atom stereocenters. The van der Waals surface area contributed by atoms with Gasteiger partial charge in [-0.2, -0.15) is 0 Å². The molecule has 1 aliphatic heterocycles. The summed E-state index contributed by atoms with van der Waals surface area (Å²) < 4.78 is 5.49. The topological polar surface area (TPSA) is 89.7 Å². The molecule has 1 fully saturated rings. The van der Waals surface area contributed by atoms with Crippen LogP contribution in [0.15, 0.2) is 24.3 Å². The molecule has 2 unspecified atom stereocenters. The molecule has 1 aromatic rings. The average Bonchev–Trinajstić information content (AvgIpc) is 2.39. The Bertz CT molecular complexity index is 416. The SMILES string of the molecule is CC1CCCC(C)O1.O=C(O)c1ccc([N+](=O)[O-])cc1. The minimum absolute atomic E-state index is 0.0422. The lowest BCUT2D eigenvalue weighted by molar-refractivity contribution is -0.384. The lowest BCUT2D eigenvalue weighted by Crippen LogP contribution is -2.22. The van der Waals surface area contributed by atoms with Crippen LogP contribution >= 0.6 is 0 Å². The van der Waals surface area contributed by atoms with Crippen LogP contribution in [0.1, 0.15) is 43.5 Å². The van der Waals surface area contributed by atoms with E-state index in [1.54, 1.807) is 0 Å². The molecule has 1 aromatic carbocycles. The van der Waals surface area contributed by atoms with Gasteiger partial charge in [0.1, 0.15) is 0 Å². The molecule has 6 nitrogen and oxygen atoms in total. The maximum absolute atomic E-state index is 10.3. The minimum Gasteiger partial charge on any atom is -0.478 e. The van der Waals surface area contributed by atoms with E-state index in [1.807, 2.05) is 0 Å². The third-order valence-electron chi connectivity index (χ3n) is 3.01. The van der Waals surface area contributed by atoms with Gasteiger partial charge in [0.05, 0.1) is 22.7 Å². The first-order chi connectivity index (χ1) is 9.40. The third kappa shape index (κ3) is 5.36. The zero-order chi connectivity index (χ0) is 15.1. The van der Waals surface area contributed by atoms with Crippen LogP contribution in [0.3, 0.4) is 0 Å². The zero-order valence-corrected chi connectivity index (χ0v) is 11.6. The Hall–Kier alpha value is -1.95. The first-order valence-electron chi connectivity index (χ1n) is 6.53. The van der Waals surface area contributed by atoms with E-state index in [-0.39, 0.29) is 11.3 Å². The van der Waals surface area contributed by atoms with Gasteiger partial charge in [-0.25, -0.2) is 4.79 Å². The summed E-state index contributed by atoms with van der Waals surface area (Å²) in [7, 11) is 0. The molecule has 0 aliphatic carbocycles. The number of aromatic carboxylic acids is 1. The lowest BCUT2D eigenvalue weighted by atomic mass is 10.1. The van der Waals surface area contributed by atoms with Crippen molar-refractivity contribution >= 4 is 11.7 Å². The van der Waals surface area contributed by atoms with E-state index in [4.69, 9.17) is 9.84 Å². The molecule has 0 bridgehead atoms. The highest BCUT2D eigenvalue weighted by Crippen LogP contribution is 2.17. The summed E-state index contributed by atoms with van der Waals surface area (Å²) in [5.41, 5.74) is -0.0689. The van der Waals surface area contributed by atoms with E-state index < -0.39 is 10.9 Å². The van der Waals surface area contributed by atoms with Gasteiger partial charge in [0.25, 0.3) is 5.69 Å². The van der Waals surface area contributed by atoms with Crippen LogP contribution < -0.4 is 0 Å². The molecule has 1 heterocycles. The summed E-state index contributed by atoms with van der Waals surface area (Å²) in [6.45, 7) is 4.30. The van der Waals surface area contributed by atoms with Gasteiger partial charge in [-0.3, -0.25) is 10.1 Å². The number of carboxylic acid groups (broad SMARTS) is 1. The maximum Gasteiger partial charge on any atom is 0.335 e. The number of carbonyl (C=O) groups is 1. The van der Waals surface area contributed by atoms with E-state index >= 15 is 0 Å². The molecule has 0 aromatic heterocycles. The quantitative estimate of drug-likeness (QED) is 0.663. The highest BCUT2D eigenvalue weighted by atomic mass is 16.6. The molecular formula is C14H19NO5. The van der Waals surface area contributed by atoms with Gasteiger partial charge in [0.15, 0.2) is 0 Å². The van der Waals surface area contributed by atoms with E-state index in [0.29, 0.717) is 12.2 Å². The van der Waals surface area contributed by atoms with Crippen molar-refractivity contribution in [1.82, 2.24) is 0 Å². The van der Waals surface area contributed by atoms with Gasteiger partial charge in [0.2, 0.25) is 0 Å². The van der Waals surface area contributed by atoms with E-state index in [9.17, 15) is 14.9 Å². The minimum atomic E-state index is -1.09. The smallest absolute Gasteiger partial charge is 0.335 e. The normalized spacial score (nSPS) is 21.5. The van der Waals surface area contributed by atoms with Gasteiger partial charge >= 0.3 is 5.97 Å². The number of ether oxygens (including phenoxy) is 1. The highest BCUT2D eigenvalue weighted by molar-refractivity contribution is 5.87. The molecule has 110 valence electrons. The number of carboxylic acids is 1. The molecule has 0 spiro atoms. The molecule has 0 radical (unpaired) electrons. The molecule has 0 amide bonds. The second-order valence-corrected chi connectivity index (χ2v) is 4.80. The van der Waals surface area contributed by atoms with Crippen molar-refractivity contribution < 1.29 is 19.6 Å². The fraction of sp³-hybridized carbons (Fsp3) is 0.500. The Labute approximate surface area is 117 Å². The van der Waals surface area contributed by atoms with E-state index in [0.717, 1.165) is 12.1 Å². The molecule has 1 N–H and O–H groups in total. The number of nitro benzene ring substituents is 1. The van der Waals surface area contributed by atoms with Crippen molar-refractivity contribution in [1.29, 1.82) is 0 Å².